The van der Waals surface area contributed by atoms with E-state index in [0.29, 0.717) is 5.92 Å². The van der Waals surface area contributed by atoms with E-state index < -0.39 is 0 Å². The third kappa shape index (κ3) is 3.00. The lowest BCUT2D eigenvalue weighted by Gasteiger charge is -2.27. The van der Waals surface area contributed by atoms with Crippen molar-refractivity contribution in [1.82, 2.24) is 10.2 Å². The number of carbonyl (C=O) groups is 1. The molecule has 1 amide bonds. The minimum absolute atomic E-state index is 0.0301. The largest absolute Gasteiger partial charge is 0.378 e. The fourth-order valence-corrected chi connectivity index (χ4v) is 4.02. The fraction of sp³-hybridized carbons (Fsp3) is 0.688. The predicted octanol–water partition coefficient (Wildman–Crippen LogP) is 2.77. The zero-order chi connectivity index (χ0) is 14.8. The molecule has 0 bridgehead atoms. The lowest BCUT2D eigenvalue weighted by atomic mass is 10.0. The Morgan fingerprint density at radius 1 is 1.52 bits per heavy atom. The van der Waals surface area contributed by atoms with Crippen LogP contribution in [0.5, 0.6) is 0 Å². The molecule has 21 heavy (non-hydrogen) atoms. The Hall–Kier alpha value is -0.910. The summed E-state index contributed by atoms with van der Waals surface area (Å²) in [4.78, 5) is 14.8. The van der Waals surface area contributed by atoms with Crippen LogP contribution in [-0.4, -0.2) is 36.1 Å². The van der Waals surface area contributed by atoms with Gasteiger partial charge in [-0.3, -0.25) is 10.1 Å². The van der Waals surface area contributed by atoms with Gasteiger partial charge in [0.05, 0.1) is 12.1 Å². The molecule has 1 aromatic rings. The summed E-state index contributed by atoms with van der Waals surface area (Å²) in [5.41, 5.74) is 1.21. The fourth-order valence-electron chi connectivity index (χ4n) is 3.35. The Morgan fingerprint density at radius 3 is 3.00 bits per heavy atom. The summed E-state index contributed by atoms with van der Waals surface area (Å²) in [6.07, 6.45) is 3.28. The summed E-state index contributed by atoms with van der Waals surface area (Å²) in [7, 11) is 0. The molecule has 1 N–H and O–H groups in total. The maximum atomic E-state index is 12.7. The van der Waals surface area contributed by atoms with Crippen LogP contribution in [0.15, 0.2) is 16.8 Å². The number of hydrogen-bond acceptors (Lipinski definition) is 4. The van der Waals surface area contributed by atoms with Gasteiger partial charge in [-0.05, 0) is 42.2 Å². The van der Waals surface area contributed by atoms with E-state index in [9.17, 15) is 4.79 Å². The van der Waals surface area contributed by atoms with Gasteiger partial charge in [0.1, 0.15) is 6.17 Å². The molecule has 1 aromatic heterocycles. The number of rotatable bonds is 5. The number of amides is 1. The molecule has 4 atom stereocenters. The van der Waals surface area contributed by atoms with E-state index >= 15 is 0 Å². The van der Waals surface area contributed by atoms with Gasteiger partial charge in [0.25, 0.3) is 0 Å². The van der Waals surface area contributed by atoms with Crippen molar-refractivity contribution in [2.75, 3.05) is 13.2 Å². The van der Waals surface area contributed by atoms with Crippen LogP contribution in [0.25, 0.3) is 0 Å². The second-order valence-electron chi connectivity index (χ2n) is 6.08. The van der Waals surface area contributed by atoms with E-state index in [2.05, 4.69) is 36.0 Å². The molecule has 0 aliphatic carbocycles. The van der Waals surface area contributed by atoms with Crippen molar-refractivity contribution < 1.29 is 9.53 Å². The average molecular weight is 308 g/mol. The molecular weight excluding hydrogens is 284 g/mol. The zero-order valence-electron chi connectivity index (χ0n) is 12.7. The summed E-state index contributed by atoms with van der Waals surface area (Å²) in [5.74, 6) is 0.712. The summed E-state index contributed by atoms with van der Waals surface area (Å²) in [6, 6.07) is 2.09. The minimum atomic E-state index is -0.0301. The van der Waals surface area contributed by atoms with Gasteiger partial charge in [-0.15, -0.1) is 0 Å². The van der Waals surface area contributed by atoms with Crippen LogP contribution in [0.4, 0.5) is 0 Å². The van der Waals surface area contributed by atoms with E-state index in [-0.39, 0.29) is 24.2 Å². The van der Waals surface area contributed by atoms with Crippen LogP contribution >= 0.6 is 11.3 Å². The van der Waals surface area contributed by atoms with Crippen LogP contribution in [0.2, 0.25) is 0 Å². The Balaban J connectivity index is 1.77. The third-order valence-electron chi connectivity index (χ3n) is 4.65. The van der Waals surface area contributed by atoms with Crippen molar-refractivity contribution >= 4 is 17.2 Å². The first kappa shape index (κ1) is 15.0. The van der Waals surface area contributed by atoms with E-state index in [0.717, 1.165) is 32.4 Å². The Labute approximate surface area is 130 Å². The average Bonchev–Trinajstić information content (AvgIpc) is 3.17. The summed E-state index contributed by atoms with van der Waals surface area (Å²) >= 11 is 1.68. The Kier molecular flexibility index (Phi) is 4.62. The number of hydrogen-bond donors (Lipinski definition) is 1. The van der Waals surface area contributed by atoms with Gasteiger partial charge < -0.3 is 9.64 Å². The smallest absolute Gasteiger partial charge is 0.241 e. The van der Waals surface area contributed by atoms with Gasteiger partial charge in [0.15, 0.2) is 0 Å². The number of nitrogens with zero attached hydrogens (tertiary/aromatic N) is 1. The molecule has 116 valence electrons. The molecule has 0 aromatic carbocycles. The molecule has 0 radical (unpaired) electrons. The summed E-state index contributed by atoms with van der Waals surface area (Å²) in [6.45, 7) is 5.87. The number of ether oxygens (including phenoxy) is 1. The normalized spacial score (nSPS) is 33.0. The molecule has 4 unspecified atom stereocenters. The Bertz CT molecular complexity index is 477. The summed E-state index contributed by atoms with van der Waals surface area (Å²) < 4.78 is 5.65. The molecule has 0 spiro atoms. The quantitative estimate of drug-likeness (QED) is 0.909. The summed E-state index contributed by atoms with van der Waals surface area (Å²) in [5, 5.41) is 7.74. The van der Waals surface area contributed by atoms with E-state index in [1.54, 1.807) is 11.3 Å². The number of thiophene rings is 1. The van der Waals surface area contributed by atoms with Crippen LogP contribution in [-0.2, 0) is 9.53 Å². The highest BCUT2D eigenvalue weighted by molar-refractivity contribution is 7.07. The first-order valence-corrected chi connectivity index (χ1v) is 8.85. The van der Waals surface area contributed by atoms with Crippen molar-refractivity contribution in [2.45, 2.75) is 51.4 Å². The standard InChI is InChI=1S/C16H24N2O2S/c1-3-4-14-16(19)18(9-12-5-7-20-11(12)2)15(17-14)13-6-8-21-10-13/h6,8,10-12,14-15,17H,3-5,7,9H2,1-2H3. The second-order valence-corrected chi connectivity index (χ2v) is 6.86. The van der Waals surface area contributed by atoms with Gasteiger partial charge >= 0.3 is 0 Å². The van der Waals surface area contributed by atoms with E-state index in [1.165, 1.54) is 5.56 Å². The molecular formula is C16H24N2O2S. The van der Waals surface area contributed by atoms with Crippen LogP contribution in [0.3, 0.4) is 0 Å². The van der Waals surface area contributed by atoms with Gasteiger partial charge in [0, 0.05) is 19.1 Å². The van der Waals surface area contributed by atoms with Crippen LogP contribution in [0.1, 0.15) is 44.8 Å². The molecule has 2 saturated heterocycles. The maximum Gasteiger partial charge on any atom is 0.241 e. The van der Waals surface area contributed by atoms with Crippen molar-refractivity contribution in [3.8, 4) is 0 Å². The van der Waals surface area contributed by atoms with Gasteiger partial charge in [0.2, 0.25) is 5.91 Å². The number of carbonyl (C=O) groups excluding carboxylic acids is 1. The van der Waals surface area contributed by atoms with Crippen molar-refractivity contribution in [3.63, 3.8) is 0 Å². The number of nitrogens with one attached hydrogen (secondary N) is 1. The zero-order valence-corrected chi connectivity index (χ0v) is 13.6. The highest BCUT2D eigenvalue weighted by Crippen LogP contribution is 2.31. The molecule has 4 nitrogen and oxygen atoms in total. The molecule has 3 heterocycles. The van der Waals surface area contributed by atoms with E-state index in [1.807, 2.05) is 4.90 Å². The van der Waals surface area contributed by atoms with Crippen molar-refractivity contribution in [2.24, 2.45) is 5.92 Å². The van der Waals surface area contributed by atoms with Crippen LogP contribution in [0, 0.1) is 5.92 Å². The van der Waals surface area contributed by atoms with Crippen molar-refractivity contribution in [3.05, 3.63) is 22.4 Å². The highest BCUT2D eigenvalue weighted by Gasteiger charge is 2.41. The maximum absolute atomic E-state index is 12.7. The predicted molar refractivity (Wildman–Crippen MR) is 84.1 cm³/mol. The SMILES string of the molecule is CCCC1NC(c2ccsc2)N(CC2CCOC2C)C1=O. The first-order chi connectivity index (χ1) is 10.2. The van der Waals surface area contributed by atoms with Gasteiger partial charge in [-0.2, -0.15) is 11.3 Å². The van der Waals surface area contributed by atoms with E-state index in [4.69, 9.17) is 4.74 Å². The first-order valence-electron chi connectivity index (χ1n) is 7.91. The Morgan fingerprint density at radius 2 is 2.38 bits per heavy atom. The van der Waals surface area contributed by atoms with Crippen LogP contribution < -0.4 is 5.32 Å². The van der Waals surface area contributed by atoms with Crippen molar-refractivity contribution in [1.29, 1.82) is 0 Å². The monoisotopic (exact) mass is 308 g/mol. The molecule has 5 heteroatoms. The lowest BCUT2D eigenvalue weighted by Crippen LogP contribution is -2.37. The van der Waals surface area contributed by atoms with Gasteiger partial charge in [-0.25, -0.2) is 0 Å². The molecule has 3 rings (SSSR count). The molecule has 0 saturated carbocycles. The molecule has 2 aliphatic heterocycles. The molecule has 2 aliphatic rings. The highest BCUT2D eigenvalue weighted by atomic mass is 32.1. The molecule has 2 fully saturated rings. The topological polar surface area (TPSA) is 41.6 Å². The minimum Gasteiger partial charge on any atom is -0.378 e. The van der Waals surface area contributed by atoms with Gasteiger partial charge in [-0.1, -0.05) is 13.3 Å². The lowest BCUT2D eigenvalue weighted by molar-refractivity contribution is -0.131. The second kappa shape index (κ2) is 6.46. The third-order valence-corrected chi connectivity index (χ3v) is 5.35.